The molecule has 0 saturated heterocycles. The van der Waals surface area contributed by atoms with Crippen molar-refractivity contribution in [2.45, 2.75) is 173 Å². The van der Waals surface area contributed by atoms with Gasteiger partial charge in [-0.2, -0.15) is 0 Å². The molecule has 0 aromatic rings. The third kappa shape index (κ3) is 23.9. The average Bonchev–Trinajstić information content (AvgIpc) is 2.92. The number of hydrogen-bond acceptors (Lipinski definition) is 4. The molecule has 0 heterocycles. The SMILES string of the molecule is CC/C=C/CC/C=C/CCCC(O)C(O)C(CO)NC(=O)CCCCCCCCCCCCCCCCC. The Labute approximate surface area is 235 Å². The molecule has 1 amide bonds. The summed E-state index contributed by atoms with van der Waals surface area (Å²) in [6.07, 6.45) is 31.3. The summed E-state index contributed by atoms with van der Waals surface area (Å²) in [5, 5.41) is 33.0. The smallest absolute Gasteiger partial charge is 0.220 e. The van der Waals surface area contributed by atoms with Gasteiger partial charge in [0.1, 0.15) is 6.10 Å². The molecule has 38 heavy (non-hydrogen) atoms. The minimum absolute atomic E-state index is 0.162. The van der Waals surface area contributed by atoms with Gasteiger partial charge >= 0.3 is 0 Å². The van der Waals surface area contributed by atoms with Crippen LogP contribution in [-0.2, 0) is 4.79 Å². The van der Waals surface area contributed by atoms with Gasteiger partial charge in [0.05, 0.1) is 18.8 Å². The van der Waals surface area contributed by atoms with Gasteiger partial charge in [-0.15, -0.1) is 0 Å². The molecule has 0 spiro atoms. The maximum atomic E-state index is 12.3. The van der Waals surface area contributed by atoms with Gasteiger partial charge in [0, 0.05) is 6.42 Å². The zero-order valence-electron chi connectivity index (χ0n) is 25.1. The molecule has 0 saturated carbocycles. The topological polar surface area (TPSA) is 89.8 Å². The number of hydrogen-bond donors (Lipinski definition) is 4. The fraction of sp³-hybridized carbons (Fsp3) is 0.848. The number of nitrogens with one attached hydrogen (secondary N) is 1. The van der Waals surface area contributed by atoms with Gasteiger partial charge in [-0.05, 0) is 44.9 Å². The van der Waals surface area contributed by atoms with Crippen LogP contribution in [0, 0.1) is 0 Å². The fourth-order valence-electron chi connectivity index (χ4n) is 4.77. The second-order valence-corrected chi connectivity index (χ2v) is 11.0. The van der Waals surface area contributed by atoms with Gasteiger partial charge in [-0.25, -0.2) is 0 Å². The highest BCUT2D eigenvalue weighted by molar-refractivity contribution is 5.76. The van der Waals surface area contributed by atoms with Crippen molar-refractivity contribution in [1.29, 1.82) is 0 Å². The molecule has 3 unspecified atom stereocenters. The molecule has 5 heteroatoms. The lowest BCUT2D eigenvalue weighted by molar-refractivity contribution is -0.124. The number of aliphatic hydroxyl groups excluding tert-OH is 3. The Hall–Kier alpha value is -1.17. The monoisotopic (exact) mass is 537 g/mol. The summed E-state index contributed by atoms with van der Waals surface area (Å²) in [6, 6.07) is -0.824. The maximum Gasteiger partial charge on any atom is 0.220 e. The lowest BCUT2D eigenvalue weighted by Gasteiger charge is -2.26. The van der Waals surface area contributed by atoms with Crippen molar-refractivity contribution < 1.29 is 20.1 Å². The normalized spacial score (nSPS) is 14.3. The zero-order valence-corrected chi connectivity index (χ0v) is 25.1. The Kier molecular flexibility index (Phi) is 27.9. The van der Waals surface area contributed by atoms with Crippen LogP contribution in [0.5, 0.6) is 0 Å². The van der Waals surface area contributed by atoms with E-state index < -0.39 is 18.2 Å². The number of allylic oxidation sites excluding steroid dienone is 4. The highest BCUT2D eigenvalue weighted by Crippen LogP contribution is 2.14. The molecule has 0 aromatic carbocycles. The first-order valence-electron chi connectivity index (χ1n) is 16.1. The van der Waals surface area contributed by atoms with E-state index in [0.29, 0.717) is 12.8 Å². The molecule has 224 valence electrons. The first-order chi connectivity index (χ1) is 18.6. The Morgan fingerprint density at radius 2 is 1.13 bits per heavy atom. The Morgan fingerprint density at radius 3 is 1.63 bits per heavy atom. The van der Waals surface area contributed by atoms with Gasteiger partial charge in [0.25, 0.3) is 0 Å². The Bertz CT molecular complexity index is 563. The minimum atomic E-state index is -1.16. The fourth-order valence-corrected chi connectivity index (χ4v) is 4.77. The van der Waals surface area contributed by atoms with E-state index in [1.165, 1.54) is 77.0 Å². The van der Waals surface area contributed by atoms with Crippen LogP contribution in [0.3, 0.4) is 0 Å². The maximum absolute atomic E-state index is 12.3. The van der Waals surface area contributed by atoms with E-state index in [1.54, 1.807) is 0 Å². The predicted molar refractivity (Wildman–Crippen MR) is 162 cm³/mol. The van der Waals surface area contributed by atoms with Gasteiger partial charge < -0.3 is 20.6 Å². The molecule has 5 nitrogen and oxygen atoms in total. The summed E-state index contributed by atoms with van der Waals surface area (Å²) >= 11 is 0. The Morgan fingerprint density at radius 1 is 0.658 bits per heavy atom. The highest BCUT2D eigenvalue weighted by Gasteiger charge is 2.26. The molecule has 3 atom stereocenters. The van der Waals surface area contributed by atoms with Crippen molar-refractivity contribution in [2.24, 2.45) is 0 Å². The molecule has 0 rings (SSSR count). The van der Waals surface area contributed by atoms with Crippen LogP contribution in [0.15, 0.2) is 24.3 Å². The van der Waals surface area contributed by atoms with E-state index in [2.05, 4.69) is 43.5 Å². The molecule has 0 aromatic heterocycles. The van der Waals surface area contributed by atoms with Crippen molar-refractivity contribution in [3.05, 3.63) is 24.3 Å². The van der Waals surface area contributed by atoms with Crippen LogP contribution in [0.1, 0.15) is 155 Å². The molecule has 0 fully saturated rings. The quantitative estimate of drug-likeness (QED) is 0.0603. The van der Waals surface area contributed by atoms with Crippen molar-refractivity contribution in [3.63, 3.8) is 0 Å². The number of carbonyl (C=O) groups excluding carboxylic acids is 1. The molecular formula is C33H63NO4. The van der Waals surface area contributed by atoms with Crippen molar-refractivity contribution in [1.82, 2.24) is 5.32 Å². The van der Waals surface area contributed by atoms with Crippen LogP contribution < -0.4 is 5.32 Å². The van der Waals surface area contributed by atoms with Crippen LogP contribution in [0.25, 0.3) is 0 Å². The number of carbonyl (C=O) groups is 1. The lowest BCUT2D eigenvalue weighted by atomic mass is 10.0. The molecule has 0 aliphatic rings. The van der Waals surface area contributed by atoms with Crippen LogP contribution in [0.4, 0.5) is 0 Å². The van der Waals surface area contributed by atoms with Crippen molar-refractivity contribution in [2.75, 3.05) is 6.61 Å². The van der Waals surface area contributed by atoms with E-state index in [0.717, 1.165) is 51.4 Å². The molecule has 0 aliphatic carbocycles. The second kappa shape index (κ2) is 28.8. The van der Waals surface area contributed by atoms with E-state index in [1.807, 2.05) is 0 Å². The summed E-state index contributed by atoms with van der Waals surface area (Å²) < 4.78 is 0. The minimum Gasteiger partial charge on any atom is -0.394 e. The third-order valence-electron chi connectivity index (χ3n) is 7.30. The first-order valence-corrected chi connectivity index (χ1v) is 16.1. The number of unbranched alkanes of at least 4 members (excludes halogenated alkanes) is 16. The molecule has 4 N–H and O–H groups in total. The highest BCUT2D eigenvalue weighted by atomic mass is 16.3. The number of rotatable bonds is 28. The van der Waals surface area contributed by atoms with Gasteiger partial charge in [-0.3, -0.25) is 4.79 Å². The standard InChI is InChI=1S/C33H63NO4/c1-3-5-7-9-11-13-14-15-16-17-18-20-22-24-26-28-32(37)34-30(29-35)33(38)31(36)27-25-23-21-19-12-10-8-6-4-2/h6,8,19,21,30-31,33,35-36,38H,3-5,7,9-18,20,22-29H2,1-2H3,(H,34,37)/b8-6+,21-19+. The molecular weight excluding hydrogens is 474 g/mol. The van der Waals surface area contributed by atoms with Crippen molar-refractivity contribution in [3.8, 4) is 0 Å². The number of amides is 1. The van der Waals surface area contributed by atoms with Gasteiger partial charge in [-0.1, -0.05) is 128 Å². The molecule has 0 bridgehead atoms. The molecule has 0 aliphatic heterocycles. The first kappa shape index (κ1) is 36.8. The Balaban J connectivity index is 3.74. The summed E-state index contributed by atoms with van der Waals surface area (Å²) in [7, 11) is 0. The predicted octanol–water partition coefficient (Wildman–Crippen LogP) is 7.92. The van der Waals surface area contributed by atoms with E-state index in [-0.39, 0.29) is 12.5 Å². The van der Waals surface area contributed by atoms with E-state index in [4.69, 9.17) is 0 Å². The van der Waals surface area contributed by atoms with Crippen molar-refractivity contribution >= 4 is 5.91 Å². The zero-order chi connectivity index (χ0) is 28.1. The van der Waals surface area contributed by atoms with E-state index in [9.17, 15) is 20.1 Å². The van der Waals surface area contributed by atoms with Crippen LogP contribution >= 0.6 is 0 Å². The average molecular weight is 538 g/mol. The molecule has 0 radical (unpaired) electrons. The lowest BCUT2D eigenvalue weighted by Crippen LogP contribution is -2.50. The summed E-state index contributed by atoms with van der Waals surface area (Å²) in [4.78, 5) is 12.3. The number of aliphatic hydroxyl groups is 3. The van der Waals surface area contributed by atoms with E-state index >= 15 is 0 Å². The summed E-state index contributed by atoms with van der Waals surface area (Å²) in [5.74, 6) is -0.162. The summed E-state index contributed by atoms with van der Waals surface area (Å²) in [5.41, 5.74) is 0. The summed E-state index contributed by atoms with van der Waals surface area (Å²) in [6.45, 7) is 4.01. The largest absolute Gasteiger partial charge is 0.394 e. The second-order valence-electron chi connectivity index (χ2n) is 11.0. The van der Waals surface area contributed by atoms with Gasteiger partial charge in [0.15, 0.2) is 0 Å². The van der Waals surface area contributed by atoms with Crippen LogP contribution in [0.2, 0.25) is 0 Å². The van der Waals surface area contributed by atoms with Crippen LogP contribution in [-0.4, -0.2) is 46.1 Å². The third-order valence-corrected chi connectivity index (χ3v) is 7.30. The van der Waals surface area contributed by atoms with Gasteiger partial charge in [0.2, 0.25) is 5.91 Å².